The van der Waals surface area contributed by atoms with E-state index >= 15 is 0 Å². The van der Waals surface area contributed by atoms with Gasteiger partial charge in [-0.1, -0.05) is 11.6 Å². The number of imide groups is 1. The highest BCUT2D eigenvalue weighted by Gasteiger charge is 2.40. The second-order valence-electron chi connectivity index (χ2n) is 5.46. The Balaban J connectivity index is 1.76. The summed E-state index contributed by atoms with van der Waals surface area (Å²) >= 11 is 5.96. The minimum atomic E-state index is -0.394. The second kappa shape index (κ2) is 6.08. The number of carbonyl (C=O) groups is 3. The molecule has 0 spiro atoms. The third-order valence-corrected chi connectivity index (χ3v) is 4.32. The molecule has 0 aromatic heterocycles. The summed E-state index contributed by atoms with van der Waals surface area (Å²) in [5, 5.41) is 2.94. The number of benzene rings is 1. The first-order chi connectivity index (χ1) is 11.0. The number of ether oxygens (including phenoxy) is 1. The zero-order chi connectivity index (χ0) is 16.6. The van der Waals surface area contributed by atoms with Gasteiger partial charge >= 0.3 is 6.03 Å². The van der Waals surface area contributed by atoms with Crippen LogP contribution in [0, 0.1) is 0 Å². The van der Waals surface area contributed by atoms with Crippen LogP contribution in [0.2, 0.25) is 5.02 Å². The van der Waals surface area contributed by atoms with E-state index in [9.17, 15) is 14.4 Å². The van der Waals surface area contributed by atoms with Crippen LogP contribution in [0.1, 0.15) is 16.8 Å². The molecule has 1 unspecified atom stereocenters. The van der Waals surface area contributed by atoms with Crippen LogP contribution < -0.4 is 10.1 Å². The molecule has 1 aromatic rings. The molecule has 8 heteroatoms. The molecule has 0 radical (unpaired) electrons. The number of carbonyl (C=O) groups excluding carboxylic acids is 3. The van der Waals surface area contributed by atoms with Gasteiger partial charge in [0, 0.05) is 18.1 Å². The van der Waals surface area contributed by atoms with Gasteiger partial charge in [0.1, 0.15) is 5.75 Å². The van der Waals surface area contributed by atoms with Crippen molar-refractivity contribution >= 4 is 29.4 Å². The highest BCUT2D eigenvalue weighted by atomic mass is 35.5. The summed E-state index contributed by atoms with van der Waals surface area (Å²) in [6, 6.07) is 4.16. The Labute approximate surface area is 138 Å². The first-order valence-electron chi connectivity index (χ1n) is 7.24. The summed E-state index contributed by atoms with van der Waals surface area (Å²) in [6.45, 7) is 0.801. The van der Waals surface area contributed by atoms with Crippen LogP contribution >= 0.6 is 11.6 Å². The molecule has 0 saturated carbocycles. The second-order valence-corrected chi connectivity index (χ2v) is 5.90. The van der Waals surface area contributed by atoms with Crippen molar-refractivity contribution in [2.24, 2.45) is 0 Å². The van der Waals surface area contributed by atoms with Gasteiger partial charge in [-0.3, -0.25) is 14.5 Å². The van der Waals surface area contributed by atoms with Crippen molar-refractivity contribution in [1.82, 2.24) is 15.1 Å². The number of amides is 4. The van der Waals surface area contributed by atoms with Crippen LogP contribution in [0.4, 0.5) is 4.79 Å². The van der Waals surface area contributed by atoms with Crippen LogP contribution in [0.15, 0.2) is 18.2 Å². The molecular formula is C15H16ClN3O4. The molecule has 1 atom stereocenters. The fourth-order valence-electron chi connectivity index (χ4n) is 2.96. The molecule has 2 aliphatic heterocycles. The van der Waals surface area contributed by atoms with E-state index in [1.165, 1.54) is 12.0 Å². The number of hydrogen-bond donors (Lipinski definition) is 1. The largest absolute Gasteiger partial charge is 0.496 e. The number of halogens is 1. The standard InChI is InChI=1S/C15H16ClN3O4/c1-23-12-3-2-9(16)6-11(12)14(21)18-5-4-10(8-18)19-13(20)7-17-15(19)22/h2-3,6,10H,4-5,7-8H2,1H3,(H,17,22). The van der Waals surface area contributed by atoms with Crippen LogP contribution in [0.5, 0.6) is 5.75 Å². The lowest BCUT2D eigenvalue weighted by molar-refractivity contribution is -0.126. The monoisotopic (exact) mass is 337 g/mol. The molecule has 4 amide bonds. The van der Waals surface area contributed by atoms with E-state index in [0.717, 1.165) is 0 Å². The van der Waals surface area contributed by atoms with Crippen LogP contribution in [0.3, 0.4) is 0 Å². The van der Waals surface area contributed by atoms with Crippen LogP contribution in [-0.2, 0) is 4.79 Å². The maximum atomic E-state index is 12.7. The average Bonchev–Trinajstić information content (AvgIpc) is 3.13. The molecule has 1 N–H and O–H groups in total. The van der Waals surface area contributed by atoms with Crippen molar-refractivity contribution in [2.75, 3.05) is 26.7 Å². The highest BCUT2D eigenvalue weighted by molar-refractivity contribution is 6.31. The first kappa shape index (κ1) is 15.6. The maximum Gasteiger partial charge on any atom is 0.324 e. The van der Waals surface area contributed by atoms with E-state index in [1.54, 1.807) is 23.1 Å². The number of hydrogen-bond acceptors (Lipinski definition) is 4. The quantitative estimate of drug-likeness (QED) is 0.838. The molecule has 2 heterocycles. The molecule has 7 nitrogen and oxygen atoms in total. The van der Waals surface area contributed by atoms with E-state index in [2.05, 4.69) is 5.32 Å². The number of urea groups is 1. The summed E-state index contributed by atoms with van der Waals surface area (Å²) in [5.74, 6) is -0.0358. The fourth-order valence-corrected chi connectivity index (χ4v) is 3.13. The summed E-state index contributed by atoms with van der Waals surface area (Å²) in [7, 11) is 1.49. The van der Waals surface area contributed by atoms with Gasteiger partial charge in [0.05, 0.1) is 25.3 Å². The predicted molar refractivity (Wildman–Crippen MR) is 82.6 cm³/mol. The van der Waals surface area contributed by atoms with Crippen molar-refractivity contribution in [3.8, 4) is 5.75 Å². The fraction of sp³-hybridized carbons (Fsp3) is 0.400. The van der Waals surface area contributed by atoms with Crippen molar-refractivity contribution in [1.29, 1.82) is 0 Å². The Morgan fingerprint density at radius 3 is 2.83 bits per heavy atom. The van der Waals surface area contributed by atoms with E-state index in [1.807, 2.05) is 0 Å². The Bertz CT molecular complexity index is 663. The highest BCUT2D eigenvalue weighted by Crippen LogP contribution is 2.26. The van der Waals surface area contributed by atoms with Gasteiger partial charge in [-0.25, -0.2) is 4.79 Å². The molecule has 2 aliphatic rings. The van der Waals surface area contributed by atoms with Gasteiger partial charge in [0.15, 0.2) is 0 Å². The van der Waals surface area contributed by atoms with Crippen molar-refractivity contribution in [3.05, 3.63) is 28.8 Å². The molecule has 0 aliphatic carbocycles. The van der Waals surface area contributed by atoms with Crippen molar-refractivity contribution in [2.45, 2.75) is 12.5 Å². The summed E-state index contributed by atoms with van der Waals surface area (Å²) in [6.07, 6.45) is 0.563. The SMILES string of the molecule is COc1ccc(Cl)cc1C(=O)N1CCC(N2C(=O)CNC2=O)C1. The Hall–Kier alpha value is -2.28. The van der Waals surface area contributed by atoms with Crippen LogP contribution in [-0.4, -0.2) is 60.4 Å². The van der Waals surface area contributed by atoms with Gasteiger partial charge in [-0.15, -0.1) is 0 Å². The average molecular weight is 338 g/mol. The molecule has 1 aromatic carbocycles. The molecule has 2 fully saturated rings. The van der Waals surface area contributed by atoms with Crippen molar-refractivity contribution in [3.63, 3.8) is 0 Å². The molecule has 2 saturated heterocycles. The van der Waals surface area contributed by atoms with Crippen LogP contribution in [0.25, 0.3) is 0 Å². The Kier molecular flexibility index (Phi) is 4.12. The zero-order valence-corrected chi connectivity index (χ0v) is 13.3. The number of rotatable bonds is 3. The third-order valence-electron chi connectivity index (χ3n) is 4.09. The van der Waals surface area contributed by atoms with Gasteiger partial charge in [-0.05, 0) is 24.6 Å². The maximum absolute atomic E-state index is 12.7. The van der Waals surface area contributed by atoms with Gasteiger partial charge in [0.25, 0.3) is 5.91 Å². The van der Waals surface area contributed by atoms with Gasteiger partial charge in [-0.2, -0.15) is 0 Å². The van der Waals surface area contributed by atoms with E-state index < -0.39 is 6.03 Å². The molecule has 3 rings (SSSR count). The summed E-state index contributed by atoms with van der Waals surface area (Å²) in [4.78, 5) is 39.0. The van der Waals surface area contributed by atoms with Crippen molar-refractivity contribution < 1.29 is 19.1 Å². The van der Waals surface area contributed by atoms with E-state index in [4.69, 9.17) is 16.3 Å². The van der Waals surface area contributed by atoms with Gasteiger partial charge < -0.3 is 15.0 Å². The predicted octanol–water partition coefficient (Wildman–Crippen LogP) is 1.11. The smallest absolute Gasteiger partial charge is 0.324 e. The Morgan fingerprint density at radius 1 is 1.39 bits per heavy atom. The number of nitrogens with one attached hydrogen (secondary N) is 1. The molecular weight excluding hydrogens is 322 g/mol. The minimum Gasteiger partial charge on any atom is -0.496 e. The number of likely N-dealkylation sites (tertiary alicyclic amines) is 1. The van der Waals surface area contributed by atoms with E-state index in [-0.39, 0.29) is 24.4 Å². The lowest BCUT2D eigenvalue weighted by atomic mass is 10.1. The number of nitrogens with zero attached hydrogens (tertiary/aromatic N) is 2. The lowest BCUT2D eigenvalue weighted by Gasteiger charge is -2.22. The molecule has 0 bridgehead atoms. The molecule has 23 heavy (non-hydrogen) atoms. The molecule has 122 valence electrons. The first-order valence-corrected chi connectivity index (χ1v) is 7.61. The zero-order valence-electron chi connectivity index (χ0n) is 12.5. The third kappa shape index (κ3) is 2.84. The number of methoxy groups -OCH3 is 1. The summed E-state index contributed by atoms with van der Waals surface area (Å²) in [5.41, 5.74) is 0.373. The summed E-state index contributed by atoms with van der Waals surface area (Å²) < 4.78 is 5.21. The van der Waals surface area contributed by atoms with Gasteiger partial charge in [0.2, 0.25) is 5.91 Å². The minimum absolute atomic E-state index is 0.0192. The topological polar surface area (TPSA) is 79.0 Å². The normalized spacial score (nSPS) is 20.9. The Morgan fingerprint density at radius 2 is 2.17 bits per heavy atom. The lowest BCUT2D eigenvalue weighted by Crippen LogP contribution is -2.42. The van der Waals surface area contributed by atoms with E-state index in [0.29, 0.717) is 35.8 Å².